The summed E-state index contributed by atoms with van der Waals surface area (Å²) in [6.07, 6.45) is -4.79. The zero-order valence-corrected chi connectivity index (χ0v) is 17.3. The van der Waals surface area contributed by atoms with E-state index in [1.165, 1.54) is 4.68 Å². The van der Waals surface area contributed by atoms with Crippen LogP contribution >= 0.6 is 0 Å². The van der Waals surface area contributed by atoms with Gasteiger partial charge in [0.2, 0.25) is 0 Å². The van der Waals surface area contributed by atoms with Crippen molar-refractivity contribution in [2.24, 2.45) is 0 Å². The molecule has 0 aliphatic rings. The Morgan fingerprint density at radius 2 is 1.82 bits per heavy atom. The zero-order valence-electron chi connectivity index (χ0n) is 17.3. The lowest BCUT2D eigenvalue weighted by Gasteiger charge is -2.10. The fraction of sp³-hybridized carbons (Fsp3) is 0.190. The van der Waals surface area contributed by atoms with Crippen LogP contribution in [0.5, 0.6) is 0 Å². The summed E-state index contributed by atoms with van der Waals surface area (Å²) in [5.74, 6) is -1.80. The van der Waals surface area contributed by atoms with Gasteiger partial charge in [-0.25, -0.2) is 9.48 Å². The number of nitro groups is 1. The molecule has 0 saturated carbocycles. The third kappa shape index (κ3) is 5.17. The van der Waals surface area contributed by atoms with Gasteiger partial charge in [0.05, 0.1) is 27.6 Å². The Balaban J connectivity index is 1.72. The number of carbonyl (C=O) groups is 2. The van der Waals surface area contributed by atoms with Gasteiger partial charge in [-0.1, -0.05) is 18.2 Å². The Morgan fingerprint density at radius 1 is 1.15 bits per heavy atom. The number of alkyl halides is 3. The fourth-order valence-corrected chi connectivity index (χ4v) is 3.11. The largest absolute Gasteiger partial charge is 0.452 e. The molecule has 1 N–H and O–H groups in total. The number of aromatic nitrogens is 2. The highest BCUT2D eigenvalue weighted by atomic mass is 19.4. The number of benzene rings is 2. The van der Waals surface area contributed by atoms with E-state index in [2.05, 4.69) is 10.4 Å². The molecule has 1 heterocycles. The van der Waals surface area contributed by atoms with Crippen molar-refractivity contribution in [2.45, 2.75) is 20.0 Å². The lowest BCUT2D eigenvalue weighted by molar-refractivity contribution is -0.384. The third-order valence-electron chi connectivity index (χ3n) is 4.63. The first-order valence-corrected chi connectivity index (χ1v) is 9.43. The molecule has 0 atom stereocenters. The molecule has 0 bridgehead atoms. The highest BCUT2D eigenvalue weighted by molar-refractivity contribution is 5.97. The number of nitrogens with one attached hydrogen (secondary N) is 1. The molecular weight excluding hydrogens is 445 g/mol. The molecule has 0 unspecified atom stereocenters. The van der Waals surface area contributed by atoms with Crippen LogP contribution in [0.1, 0.15) is 27.3 Å². The highest BCUT2D eigenvalue weighted by Crippen LogP contribution is 2.35. The van der Waals surface area contributed by atoms with Crippen LogP contribution in [-0.4, -0.2) is 33.2 Å². The van der Waals surface area contributed by atoms with Crippen molar-refractivity contribution in [1.82, 2.24) is 9.78 Å². The molecule has 0 aliphatic carbocycles. The molecule has 3 rings (SSSR count). The van der Waals surface area contributed by atoms with Gasteiger partial charge in [-0.15, -0.1) is 0 Å². The van der Waals surface area contributed by atoms with E-state index in [4.69, 9.17) is 4.74 Å². The normalized spacial score (nSPS) is 11.2. The second-order valence-corrected chi connectivity index (χ2v) is 6.90. The van der Waals surface area contributed by atoms with Gasteiger partial charge in [-0.2, -0.15) is 18.3 Å². The predicted molar refractivity (Wildman–Crippen MR) is 110 cm³/mol. The number of ether oxygens (including phenoxy) is 1. The van der Waals surface area contributed by atoms with Crippen LogP contribution in [0.3, 0.4) is 0 Å². The summed E-state index contributed by atoms with van der Waals surface area (Å²) in [7, 11) is 0. The van der Waals surface area contributed by atoms with E-state index >= 15 is 0 Å². The van der Waals surface area contributed by atoms with Crippen molar-refractivity contribution in [3.8, 4) is 5.69 Å². The van der Waals surface area contributed by atoms with Gasteiger partial charge in [0.15, 0.2) is 6.61 Å². The molecule has 0 saturated heterocycles. The first-order valence-electron chi connectivity index (χ1n) is 9.43. The fourth-order valence-electron chi connectivity index (χ4n) is 3.11. The molecule has 2 aromatic carbocycles. The van der Waals surface area contributed by atoms with Crippen LogP contribution in [0, 0.1) is 24.0 Å². The van der Waals surface area contributed by atoms with Gasteiger partial charge in [0, 0.05) is 6.07 Å². The monoisotopic (exact) mass is 462 g/mol. The quantitative estimate of drug-likeness (QED) is 0.333. The van der Waals surface area contributed by atoms with Crippen LogP contribution in [0.2, 0.25) is 0 Å². The maximum absolute atomic E-state index is 12.8. The SMILES string of the molecule is Cc1nn(-c2ccccc2)c(C)c1C(=O)OCC(=O)Nc1ccc(C(F)(F)F)cc1[N+](=O)[O-]. The van der Waals surface area contributed by atoms with Gasteiger partial charge in [0.25, 0.3) is 11.6 Å². The van der Waals surface area contributed by atoms with Crippen molar-refractivity contribution < 1.29 is 32.4 Å². The molecule has 1 amide bonds. The molecule has 0 aliphatic heterocycles. The number of esters is 1. The van der Waals surface area contributed by atoms with Crippen molar-refractivity contribution >= 4 is 23.3 Å². The van der Waals surface area contributed by atoms with Gasteiger partial charge in [-0.3, -0.25) is 14.9 Å². The van der Waals surface area contributed by atoms with Gasteiger partial charge in [-0.05, 0) is 38.1 Å². The van der Waals surface area contributed by atoms with Crippen molar-refractivity contribution in [2.75, 3.05) is 11.9 Å². The maximum Gasteiger partial charge on any atom is 0.416 e. The zero-order chi connectivity index (χ0) is 24.3. The molecule has 9 nitrogen and oxygen atoms in total. The first-order chi connectivity index (χ1) is 15.5. The molecule has 33 heavy (non-hydrogen) atoms. The van der Waals surface area contributed by atoms with Crippen molar-refractivity contribution in [3.63, 3.8) is 0 Å². The molecule has 0 fully saturated rings. The number of hydrogen-bond acceptors (Lipinski definition) is 6. The van der Waals surface area contributed by atoms with Gasteiger partial charge in [0.1, 0.15) is 11.3 Å². The van der Waals surface area contributed by atoms with E-state index in [0.717, 1.165) is 6.07 Å². The number of halogens is 3. The topological polar surface area (TPSA) is 116 Å². The van der Waals surface area contributed by atoms with E-state index in [9.17, 15) is 32.9 Å². The molecular formula is C21H17F3N4O5. The number of nitrogens with zero attached hydrogens (tertiary/aromatic N) is 3. The second kappa shape index (κ2) is 9.10. The lowest BCUT2D eigenvalue weighted by Crippen LogP contribution is -2.22. The number of anilines is 1. The number of hydrogen-bond donors (Lipinski definition) is 1. The van der Waals surface area contributed by atoms with Crippen LogP contribution in [0.25, 0.3) is 5.69 Å². The number of para-hydroxylation sites is 1. The summed E-state index contributed by atoms with van der Waals surface area (Å²) in [6.45, 7) is 2.43. The first kappa shape index (κ1) is 23.4. The summed E-state index contributed by atoms with van der Waals surface area (Å²) in [5.41, 5.74) is -0.946. The standard InChI is InChI=1S/C21H17F3N4O5/c1-12-19(13(2)27(26-12)15-6-4-3-5-7-15)20(30)33-11-18(29)25-16-9-8-14(21(22,23)24)10-17(16)28(31)32/h3-10H,11H2,1-2H3,(H,25,29). The Bertz CT molecular complexity index is 1220. The number of rotatable bonds is 6. The minimum atomic E-state index is -4.79. The summed E-state index contributed by atoms with van der Waals surface area (Å²) in [5, 5.41) is 17.5. The van der Waals surface area contributed by atoms with Crippen molar-refractivity contribution in [3.05, 3.63) is 81.2 Å². The summed E-state index contributed by atoms with van der Waals surface area (Å²) >= 11 is 0. The van der Waals surface area contributed by atoms with E-state index < -0.39 is 46.5 Å². The minimum absolute atomic E-state index is 0.146. The van der Waals surface area contributed by atoms with Crippen LogP contribution in [0.15, 0.2) is 48.5 Å². The lowest BCUT2D eigenvalue weighted by atomic mass is 10.1. The third-order valence-corrected chi connectivity index (χ3v) is 4.63. The Kier molecular flexibility index (Phi) is 6.47. The minimum Gasteiger partial charge on any atom is -0.452 e. The maximum atomic E-state index is 12.8. The Morgan fingerprint density at radius 3 is 2.42 bits per heavy atom. The highest BCUT2D eigenvalue weighted by Gasteiger charge is 2.33. The van der Waals surface area contributed by atoms with E-state index in [1.54, 1.807) is 38.1 Å². The molecule has 0 spiro atoms. The molecule has 12 heteroatoms. The number of carbonyl (C=O) groups excluding carboxylic acids is 2. The Hall–Kier alpha value is -4.22. The Labute approximate surface area is 184 Å². The van der Waals surface area contributed by atoms with Crippen LogP contribution < -0.4 is 5.32 Å². The van der Waals surface area contributed by atoms with Crippen molar-refractivity contribution in [1.29, 1.82) is 0 Å². The summed E-state index contributed by atoms with van der Waals surface area (Å²) < 4.78 is 44.9. The van der Waals surface area contributed by atoms with E-state index in [-0.39, 0.29) is 5.56 Å². The molecule has 1 aromatic heterocycles. The smallest absolute Gasteiger partial charge is 0.416 e. The summed E-state index contributed by atoms with van der Waals surface area (Å²) in [4.78, 5) is 34.7. The molecule has 3 aromatic rings. The predicted octanol–water partition coefficient (Wildman–Crippen LogP) is 4.21. The van der Waals surface area contributed by atoms with E-state index in [1.807, 2.05) is 6.07 Å². The molecule has 0 radical (unpaired) electrons. The number of amides is 1. The van der Waals surface area contributed by atoms with E-state index in [0.29, 0.717) is 29.2 Å². The average molecular weight is 462 g/mol. The van der Waals surface area contributed by atoms with Crippen LogP contribution in [-0.2, 0) is 15.7 Å². The average Bonchev–Trinajstić information content (AvgIpc) is 3.06. The summed E-state index contributed by atoms with van der Waals surface area (Å²) in [6, 6.07) is 10.7. The second-order valence-electron chi connectivity index (χ2n) is 6.90. The number of nitro benzene ring substituents is 1. The van der Waals surface area contributed by atoms with Gasteiger partial charge < -0.3 is 10.1 Å². The van der Waals surface area contributed by atoms with Crippen LogP contribution in [0.4, 0.5) is 24.5 Å². The molecule has 172 valence electrons. The number of aryl methyl sites for hydroxylation is 1. The van der Waals surface area contributed by atoms with Gasteiger partial charge >= 0.3 is 12.1 Å².